The summed E-state index contributed by atoms with van der Waals surface area (Å²) < 4.78 is 15.9. The van der Waals surface area contributed by atoms with E-state index >= 15 is 0 Å². The Kier molecular flexibility index (Phi) is 6.44. The van der Waals surface area contributed by atoms with Gasteiger partial charge in [-0.1, -0.05) is 17.7 Å². The summed E-state index contributed by atoms with van der Waals surface area (Å²) in [6.45, 7) is 1.51. The van der Waals surface area contributed by atoms with Crippen molar-refractivity contribution < 1.29 is 28.6 Å². The number of urea groups is 1. The van der Waals surface area contributed by atoms with Gasteiger partial charge < -0.3 is 24.8 Å². The first-order chi connectivity index (χ1) is 14.9. The fraction of sp³-hybridized carbons (Fsp3) is 0.227. The third-order valence-corrected chi connectivity index (χ3v) is 4.64. The Morgan fingerprint density at radius 2 is 1.65 bits per heavy atom. The number of anilines is 1. The Bertz CT molecular complexity index is 1020. The van der Waals surface area contributed by atoms with Gasteiger partial charge in [-0.2, -0.15) is 0 Å². The molecule has 0 bridgehead atoms. The van der Waals surface area contributed by atoms with E-state index in [4.69, 9.17) is 14.2 Å². The molecule has 31 heavy (non-hydrogen) atoms. The lowest BCUT2D eigenvalue weighted by molar-refractivity contribution is -0.127. The largest absolute Gasteiger partial charge is 0.496 e. The number of aryl methyl sites for hydroxylation is 1. The molecule has 0 saturated carbocycles. The minimum absolute atomic E-state index is 0.00472. The summed E-state index contributed by atoms with van der Waals surface area (Å²) in [5, 5.41) is 5.15. The topological polar surface area (TPSA) is 106 Å². The number of imide groups is 1. The van der Waals surface area contributed by atoms with Crippen LogP contribution in [0.4, 0.5) is 10.5 Å². The molecule has 0 unspecified atom stereocenters. The smallest absolute Gasteiger partial charge is 0.329 e. The molecule has 0 aliphatic carbocycles. The second-order valence-corrected chi connectivity index (χ2v) is 6.74. The van der Waals surface area contributed by atoms with Crippen LogP contribution in [0.1, 0.15) is 11.1 Å². The number of nitrogens with zero attached hydrogens (tertiary/aromatic N) is 1. The number of amides is 4. The van der Waals surface area contributed by atoms with Crippen molar-refractivity contribution in [1.29, 1.82) is 0 Å². The Hall–Kier alpha value is -4.01. The summed E-state index contributed by atoms with van der Waals surface area (Å²) in [5.41, 5.74) is 2.06. The van der Waals surface area contributed by atoms with Gasteiger partial charge in [0.25, 0.3) is 5.91 Å². The fourth-order valence-corrected chi connectivity index (χ4v) is 3.02. The molecule has 1 aliphatic heterocycles. The Labute approximate surface area is 179 Å². The van der Waals surface area contributed by atoms with Crippen molar-refractivity contribution in [3.05, 3.63) is 53.2 Å². The standard InChI is InChI=1S/C22H23N3O6/c1-13-5-7-14(8-6-13)23-20(26)12-25-21(27)17(24-22(25)28)11-16-18(30-3)9-15(29-2)10-19(16)31-4/h5-11H,12H2,1-4H3,(H,23,26)(H,24,28)/b17-11-. The lowest BCUT2D eigenvalue weighted by Crippen LogP contribution is -2.38. The van der Waals surface area contributed by atoms with Gasteiger partial charge in [-0.25, -0.2) is 9.69 Å². The van der Waals surface area contributed by atoms with Crippen LogP contribution in [0.25, 0.3) is 6.08 Å². The molecule has 2 aromatic carbocycles. The van der Waals surface area contributed by atoms with Gasteiger partial charge >= 0.3 is 6.03 Å². The Morgan fingerprint density at radius 1 is 1.03 bits per heavy atom. The third kappa shape index (κ3) is 4.77. The zero-order chi connectivity index (χ0) is 22.5. The van der Waals surface area contributed by atoms with E-state index in [-0.39, 0.29) is 5.70 Å². The number of ether oxygens (including phenoxy) is 3. The van der Waals surface area contributed by atoms with Gasteiger partial charge in [0.05, 0.1) is 26.9 Å². The summed E-state index contributed by atoms with van der Waals surface area (Å²) in [7, 11) is 4.44. The van der Waals surface area contributed by atoms with Crippen molar-refractivity contribution in [2.75, 3.05) is 33.2 Å². The quantitative estimate of drug-likeness (QED) is 0.522. The van der Waals surface area contributed by atoms with Gasteiger partial charge in [0.2, 0.25) is 5.91 Å². The van der Waals surface area contributed by atoms with Gasteiger partial charge in [0.1, 0.15) is 29.5 Å². The normalized spacial score (nSPS) is 14.5. The van der Waals surface area contributed by atoms with Crippen LogP contribution in [0, 0.1) is 6.92 Å². The summed E-state index contributed by atoms with van der Waals surface area (Å²) >= 11 is 0. The highest BCUT2D eigenvalue weighted by Crippen LogP contribution is 2.36. The van der Waals surface area contributed by atoms with Crippen molar-refractivity contribution in [3.8, 4) is 17.2 Å². The molecule has 2 N–H and O–H groups in total. The first-order valence-electron chi connectivity index (χ1n) is 9.37. The second kappa shape index (κ2) is 9.21. The van der Waals surface area contributed by atoms with Gasteiger partial charge in [-0.05, 0) is 25.1 Å². The van der Waals surface area contributed by atoms with Gasteiger partial charge in [-0.3, -0.25) is 9.59 Å². The summed E-state index contributed by atoms with van der Waals surface area (Å²) in [4.78, 5) is 38.2. The average Bonchev–Trinajstić information content (AvgIpc) is 3.02. The van der Waals surface area contributed by atoms with E-state index in [1.165, 1.54) is 27.4 Å². The first kappa shape index (κ1) is 21.7. The predicted octanol–water partition coefficient (Wildman–Crippen LogP) is 2.55. The number of carbonyl (C=O) groups is 3. The van der Waals surface area contributed by atoms with E-state index in [1.807, 2.05) is 19.1 Å². The van der Waals surface area contributed by atoms with E-state index in [9.17, 15) is 14.4 Å². The molecule has 0 radical (unpaired) electrons. The maximum atomic E-state index is 12.8. The maximum Gasteiger partial charge on any atom is 0.329 e. The number of hydrogen-bond acceptors (Lipinski definition) is 6. The van der Waals surface area contributed by atoms with Gasteiger partial charge in [0, 0.05) is 17.8 Å². The van der Waals surface area contributed by atoms with Gasteiger partial charge in [0.15, 0.2) is 0 Å². The number of benzene rings is 2. The highest BCUT2D eigenvalue weighted by molar-refractivity contribution is 6.16. The highest BCUT2D eigenvalue weighted by Gasteiger charge is 2.35. The number of hydrogen-bond donors (Lipinski definition) is 2. The summed E-state index contributed by atoms with van der Waals surface area (Å²) in [5.74, 6) is 0.159. The van der Waals surface area contributed by atoms with Crippen LogP contribution in [0.5, 0.6) is 17.2 Å². The molecule has 1 aliphatic rings. The molecule has 1 fully saturated rings. The monoisotopic (exact) mass is 425 g/mol. The van der Waals surface area contributed by atoms with E-state index in [2.05, 4.69) is 10.6 Å². The SMILES string of the molecule is COc1cc(OC)c(/C=C2\NC(=O)N(CC(=O)Nc3ccc(C)cc3)C2=O)c(OC)c1. The molecule has 9 nitrogen and oxygen atoms in total. The van der Waals surface area contributed by atoms with Crippen LogP contribution in [-0.2, 0) is 9.59 Å². The van der Waals surface area contributed by atoms with E-state index in [1.54, 1.807) is 24.3 Å². The molecule has 162 valence electrons. The fourth-order valence-electron chi connectivity index (χ4n) is 3.02. The molecule has 9 heteroatoms. The molecule has 0 aromatic heterocycles. The lowest BCUT2D eigenvalue weighted by Gasteiger charge is -2.13. The minimum atomic E-state index is -0.693. The first-order valence-corrected chi connectivity index (χ1v) is 9.37. The molecular weight excluding hydrogens is 402 g/mol. The molecular formula is C22H23N3O6. The van der Waals surface area contributed by atoms with Crippen molar-refractivity contribution in [1.82, 2.24) is 10.2 Å². The zero-order valence-corrected chi connectivity index (χ0v) is 17.6. The molecule has 2 aromatic rings. The van der Waals surface area contributed by atoms with E-state index in [0.29, 0.717) is 28.5 Å². The van der Waals surface area contributed by atoms with Crippen LogP contribution < -0.4 is 24.8 Å². The molecule has 3 rings (SSSR count). The van der Waals surface area contributed by atoms with E-state index < -0.39 is 24.4 Å². The predicted molar refractivity (Wildman–Crippen MR) is 114 cm³/mol. The Balaban J connectivity index is 1.80. The van der Waals surface area contributed by atoms with Crippen LogP contribution in [-0.4, -0.2) is 50.6 Å². The van der Waals surface area contributed by atoms with Crippen molar-refractivity contribution in [2.24, 2.45) is 0 Å². The molecule has 4 amide bonds. The molecule has 1 heterocycles. The number of rotatable bonds is 7. The minimum Gasteiger partial charge on any atom is -0.496 e. The van der Waals surface area contributed by atoms with Crippen LogP contribution in [0.15, 0.2) is 42.1 Å². The summed E-state index contributed by atoms with van der Waals surface area (Å²) in [6, 6.07) is 9.74. The van der Waals surface area contributed by atoms with Crippen molar-refractivity contribution in [3.63, 3.8) is 0 Å². The summed E-state index contributed by atoms with van der Waals surface area (Å²) in [6.07, 6.45) is 1.44. The van der Waals surface area contributed by atoms with Gasteiger partial charge in [-0.15, -0.1) is 0 Å². The third-order valence-electron chi connectivity index (χ3n) is 4.64. The second-order valence-electron chi connectivity index (χ2n) is 6.74. The number of methoxy groups -OCH3 is 3. The van der Waals surface area contributed by atoms with Crippen LogP contribution in [0.2, 0.25) is 0 Å². The van der Waals surface area contributed by atoms with Crippen LogP contribution >= 0.6 is 0 Å². The Morgan fingerprint density at radius 3 is 2.19 bits per heavy atom. The molecule has 1 saturated heterocycles. The van der Waals surface area contributed by atoms with Crippen molar-refractivity contribution in [2.45, 2.75) is 6.92 Å². The lowest BCUT2D eigenvalue weighted by atomic mass is 10.1. The molecule has 0 atom stereocenters. The maximum absolute atomic E-state index is 12.8. The number of nitrogens with one attached hydrogen (secondary N) is 2. The average molecular weight is 425 g/mol. The zero-order valence-electron chi connectivity index (χ0n) is 17.6. The number of carbonyl (C=O) groups excluding carboxylic acids is 3. The van der Waals surface area contributed by atoms with Crippen LogP contribution in [0.3, 0.4) is 0 Å². The molecule has 0 spiro atoms. The van der Waals surface area contributed by atoms with Crippen molar-refractivity contribution >= 4 is 29.6 Å². The van der Waals surface area contributed by atoms with E-state index in [0.717, 1.165) is 10.5 Å². The highest BCUT2D eigenvalue weighted by atomic mass is 16.5.